The molecule has 1 aromatic rings. The molecule has 0 radical (unpaired) electrons. The lowest BCUT2D eigenvalue weighted by Crippen LogP contribution is -2.55. The molecule has 104 valence electrons. The Morgan fingerprint density at radius 2 is 2.26 bits per heavy atom. The number of carbonyl (C=O) groups is 1. The van der Waals surface area contributed by atoms with E-state index in [4.69, 9.17) is 0 Å². The number of amides is 1. The zero-order valence-corrected chi connectivity index (χ0v) is 11.6. The van der Waals surface area contributed by atoms with E-state index in [1.807, 2.05) is 0 Å². The molecule has 0 aliphatic carbocycles. The first-order valence-corrected chi connectivity index (χ1v) is 7.34. The summed E-state index contributed by atoms with van der Waals surface area (Å²) < 4.78 is 26.2. The third kappa shape index (κ3) is 2.54. The van der Waals surface area contributed by atoms with Gasteiger partial charge >= 0.3 is 0 Å². The standard InChI is InChI=1S/C11H16N4O3S/c1-8-11(16)14-5-6-15(8)19(17,18)9-3-4-13-10(7-9)12-2/h3-4,7-8H,5-6H2,1-2H3,(H,12,13)(H,14,16). The van der Waals surface area contributed by atoms with Gasteiger partial charge in [-0.2, -0.15) is 4.31 Å². The van der Waals surface area contributed by atoms with Gasteiger partial charge in [0.15, 0.2) is 0 Å². The second kappa shape index (κ2) is 5.14. The van der Waals surface area contributed by atoms with Gasteiger partial charge in [-0.15, -0.1) is 0 Å². The molecule has 1 atom stereocenters. The van der Waals surface area contributed by atoms with E-state index in [1.165, 1.54) is 22.6 Å². The van der Waals surface area contributed by atoms with Gasteiger partial charge in [-0.3, -0.25) is 4.79 Å². The summed E-state index contributed by atoms with van der Waals surface area (Å²) in [6.45, 7) is 2.17. The number of sulfonamides is 1. The van der Waals surface area contributed by atoms with Crippen molar-refractivity contribution in [2.75, 3.05) is 25.5 Å². The molecule has 0 spiro atoms. The minimum atomic E-state index is -3.68. The fourth-order valence-corrected chi connectivity index (χ4v) is 3.54. The summed E-state index contributed by atoms with van der Waals surface area (Å²) in [5, 5.41) is 5.43. The molecule has 2 rings (SSSR count). The Labute approximate surface area is 112 Å². The summed E-state index contributed by atoms with van der Waals surface area (Å²) in [6.07, 6.45) is 1.42. The molecule has 2 heterocycles. The summed E-state index contributed by atoms with van der Waals surface area (Å²) in [4.78, 5) is 15.7. The van der Waals surface area contributed by atoms with Crippen LogP contribution in [0.2, 0.25) is 0 Å². The Morgan fingerprint density at radius 3 is 2.95 bits per heavy atom. The SMILES string of the molecule is CNc1cc(S(=O)(=O)N2CCNC(=O)C2C)ccn1. The lowest BCUT2D eigenvalue weighted by Gasteiger charge is -2.31. The fraction of sp³-hybridized carbons (Fsp3) is 0.455. The molecule has 7 nitrogen and oxygen atoms in total. The van der Waals surface area contributed by atoms with Crippen LogP contribution in [-0.2, 0) is 14.8 Å². The maximum Gasteiger partial charge on any atom is 0.244 e. The first kappa shape index (κ1) is 13.8. The highest BCUT2D eigenvalue weighted by Gasteiger charge is 2.35. The van der Waals surface area contributed by atoms with E-state index in [-0.39, 0.29) is 17.3 Å². The van der Waals surface area contributed by atoms with Gasteiger partial charge in [0.1, 0.15) is 11.9 Å². The predicted molar refractivity (Wildman–Crippen MR) is 70.1 cm³/mol. The highest BCUT2D eigenvalue weighted by Crippen LogP contribution is 2.20. The Kier molecular flexibility index (Phi) is 3.72. The van der Waals surface area contributed by atoms with Gasteiger partial charge in [-0.1, -0.05) is 0 Å². The lowest BCUT2D eigenvalue weighted by atomic mass is 10.2. The van der Waals surface area contributed by atoms with Crippen LogP contribution < -0.4 is 10.6 Å². The molecular weight excluding hydrogens is 268 g/mol. The maximum atomic E-state index is 12.5. The van der Waals surface area contributed by atoms with Gasteiger partial charge in [0.05, 0.1) is 4.90 Å². The van der Waals surface area contributed by atoms with Crippen LogP contribution in [0.15, 0.2) is 23.2 Å². The number of carbonyl (C=O) groups excluding carboxylic acids is 1. The van der Waals surface area contributed by atoms with E-state index in [0.717, 1.165) is 0 Å². The first-order valence-electron chi connectivity index (χ1n) is 5.90. The van der Waals surface area contributed by atoms with Gasteiger partial charge in [-0.25, -0.2) is 13.4 Å². The van der Waals surface area contributed by atoms with Gasteiger partial charge < -0.3 is 10.6 Å². The van der Waals surface area contributed by atoms with Crippen molar-refractivity contribution in [3.63, 3.8) is 0 Å². The van der Waals surface area contributed by atoms with E-state index >= 15 is 0 Å². The van der Waals surface area contributed by atoms with Gasteiger partial charge in [-0.05, 0) is 13.0 Å². The van der Waals surface area contributed by atoms with Crippen LogP contribution in [0.1, 0.15) is 6.92 Å². The van der Waals surface area contributed by atoms with Crippen LogP contribution in [-0.4, -0.2) is 49.8 Å². The third-order valence-corrected chi connectivity index (χ3v) is 5.00. The van der Waals surface area contributed by atoms with Crippen molar-refractivity contribution in [3.8, 4) is 0 Å². The van der Waals surface area contributed by atoms with Crippen molar-refractivity contribution in [2.45, 2.75) is 17.9 Å². The molecule has 19 heavy (non-hydrogen) atoms. The average Bonchev–Trinajstić information content (AvgIpc) is 2.41. The molecule has 0 bridgehead atoms. The normalized spacial score (nSPS) is 20.9. The molecule has 1 aliphatic heterocycles. The number of nitrogens with one attached hydrogen (secondary N) is 2. The van der Waals surface area contributed by atoms with E-state index < -0.39 is 16.1 Å². The summed E-state index contributed by atoms with van der Waals surface area (Å²) in [7, 11) is -2.02. The minimum absolute atomic E-state index is 0.133. The minimum Gasteiger partial charge on any atom is -0.373 e. The second-order valence-electron chi connectivity index (χ2n) is 4.21. The fourth-order valence-electron chi connectivity index (χ4n) is 1.93. The zero-order chi connectivity index (χ0) is 14.0. The number of rotatable bonds is 3. The van der Waals surface area contributed by atoms with Crippen LogP contribution in [0.25, 0.3) is 0 Å². The molecule has 1 aromatic heterocycles. The van der Waals surface area contributed by atoms with E-state index in [1.54, 1.807) is 14.0 Å². The first-order chi connectivity index (χ1) is 8.96. The molecule has 1 saturated heterocycles. The van der Waals surface area contributed by atoms with Crippen LogP contribution in [0.4, 0.5) is 5.82 Å². The Bertz CT molecular complexity index is 587. The van der Waals surface area contributed by atoms with E-state index in [9.17, 15) is 13.2 Å². The van der Waals surface area contributed by atoms with Crippen LogP contribution in [0.5, 0.6) is 0 Å². The van der Waals surface area contributed by atoms with E-state index in [2.05, 4.69) is 15.6 Å². The summed E-state index contributed by atoms with van der Waals surface area (Å²) in [5.74, 6) is 0.188. The van der Waals surface area contributed by atoms with Crippen molar-refractivity contribution in [2.24, 2.45) is 0 Å². The monoisotopic (exact) mass is 284 g/mol. The number of anilines is 1. The Morgan fingerprint density at radius 1 is 1.53 bits per heavy atom. The Balaban J connectivity index is 2.38. The van der Waals surface area contributed by atoms with Gasteiger partial charge in [0.25, 0.3) is 0 Å². The zero-order valence-electron chi connectivity index (χ0n) is 10.8. The number of piperazine rings is 1. The molecule has 8 heteroatoms. The number of pyridine rings is 1. The van der Waals surface area contributed by atoms with Crippen molar-refractivity contribution >= 4 is 21.7 Å². The number of hydrogen-bond acceptors (Lipinski definition) is 5. The van der Waals surface area contributed by atoms with Gasteiger partial charge in [0.2, 0.25) is 15.9 Å². The van der Waals surface area contributed by atoms with Crippen LogP contribution >= 0.6 is 0 Å². The van der Waals surface area contributed by atoms with E-state index in [0.29, 0.717) is 12.4 Å². The lowest BCUT2D eigenvalue weighted by molar-refractivity contribution is -0.126. The summed E-state index contributed by atoms with van der Waals surface area (Å²) in [6, 6.07) is 2.18. The van der Waals surface area contributed by atoms with Crippen LogP contribution in [0, 0.1) is 0 Å². The summed E-state index contributed by atoms with van der Waals surface area (Å²) >= 11 is 0. The van der Waals surface area contributed by atoms with Gasteiger partial charge in [0, 0.05) is 32.4 Å². The third-order valence-electron chi connectivity index (χ3n) is 3.04. The molecule has 1 unspecified atom stereocenters. The molecule has 1 aliphatic rings. The van der Waals surface area contributed by atoms with Crippen molar-refractivity contribution in [3.05, 3.63) is 18.3 Å². The van der Waals surface area contributed by atoms with Crippen molar-refractivity contribution < 1.29 is 13.2 Å². The molecule has 1 amide bonds. The molecule has 0 saturated carbocycles. The number of nitrogens with zero attached hydrogens (tertiary/aromatic N) is 2. The summed E-state index contributed by atoms with van der Waals surface area (Å²) in [5.41, 5.74) is 0. The second-order valence-corrected chi connectivity index (χ2v) is 6.10. The highest BCUT2D eigenvalue weighted by molar-refractivity contribution is 7.89. The largest absolute Gasteiger partial charge is 0.373 e. The van der Waals surface area contributed by atoms with Crippen LogP contribution in [0.3, 0.4) is 0 Å². The molecular formula is C11H16N4O3S. The highest BCUT2D eigenvalue weighted by atomic mass is 32.2. The smallest absolute Gasteiger partial charge is 0.244 e. The predicted octanol–water partition coefficient (Wildman–Crippen LogP) is -0.368. The average molecular weight is 284 g/mol. The molecule has 1 fully saturated rings. The number of aromatic nitrogens is 1. The number of hydrogen-bond donors (Lipinski definition) is 2. The molecule has 2 N–H and O–H groups in total. The quantitative estimate of drug-likeness (QED) is 0.790. The van der Waals surface area contributed by atoms with Crippen molar-refractivity contribution in [1.29, 1.82) is 0 Å². The topological polar surface area (TPSA) is 91.4 Å². The molecule has 0 aromatic carbocycles. The maximum absolute atomic E-state index is 12.5. The van der Waals surface area contributed by atoms with Crippen molar-refractivity contribution in [1.82, 2.24) is 14.6 Å². The Hall–Kier alpha value is -1.67.